The van der Waals surface area contributed by atoms with E-state index in [0.717, 1.165) is 24.5 Å². The van der Waals surface area contributed by atoms with Gasteiger partial charge in [0.25, 0.3) is 0 Å². The summed E-state index contributed by atoms with van der Waals surface area (Å²) in [5.74, 6) is 0.864. The van der Waals surface area contributed by atoms with Gasteiger partial charge >= 0.3 is 0 Å². The minimum Gasteiger partial charge on any atom is -0.396 e. The minimum atomic E-state index is 0.224. The first-order valence-electron chi connectivity index (χ1n) is 9.50. The maximum absolute atomic E-state index is 8.90. The van der Waals surface area contributed by atoms with E-state index in [2.05, 4.69) is 39.9 Å². The highest BCUT2D eigenvalue weighted by atomic mass is 16.2. The quantitative estimate of drug-likeness (QED) is 0.719. The van der Waals surface area contributed by atoms with Gasteiger partial charge < -0.3 is 10.0 Å². The van der Waals surface area contributed by atoms with Crippen molar-refractivity contribution in [2.45, 2.75) is 71.3 Å². The lowest BCUT2D eigenvalue weighted by molar-refractivity contribution is 0.151. The van der Waals surface area contributed by atoms with Crippen LogP contribution in [0.5, 0.6) is 0 Å². The standard InChI is InChI=1S/C18H34N4O/c1-3-5-7-16(4-2)14-21-11-9-18(10-12-21)22-15-17(19-20-22)8-6-13-23/h15-16,18,23H,3-14H2,1-2H3/t16-/m0/s1. The first-order chi connectivity index (χ1) is 11.3. The number of aliphatic hydroxyl groups is 1. The van der Waals surface area contributed by atoms with Gasteiger partial charge in [0, 0.05) is 32.4 Å². The molecule has 1 aromatic heterocycles. The lowest BCUT2D eigenvalue weighted by Gasteiger charge is -2.34. The van der Waals surface area contributed by atoms with Crippen molar-refractivity contribution in [3.63, 3.8) is 0 Å². The van der Waals surface area contributed by atoms with Gasteiger partial charge in [0.2, 0.25) is 0 Å². The van der Waals surface area contributed by atoms with Crippen molar-refractivity contribution in [2.24, 2.45) is 5.92 Å². The molecule has 0 saturated carbocycles. The van der Waals surface area contributed by atoms with Crippen LogP contribution in [0.1, 0.15) is 70.5 Å². The van der Waals surface area contributed by atoms with E-state index in [-0.39, 0.29) is 6.61 Å². The summed E-state index contributed by atoms with van der Waals surface area (Å²) in [6.07, 6.45) is 11.4. The summed E-state index contributed by atoms with van der Waals surface area (Å²) in [6.45, 7) is 8.46. The molecule has 1 atom stereocenters. The molecule has 5 nitrogen and oxygen atoms in total. The Bertz CT molecular complexity index is 426. The van der Waals surface area contributed by atoms with Gasteiger partial charge in [-0.25, -0.2) is 4.68 Å². The summed E-state index contributed by atoms with van der Waals surface area (Å²) in [4.78, 5) is 2.64. The summed E-state index contributed by atoms with van der Waals surface area (Å²) in [5, 5.41) is 17.4. The SMILES string of the molecule is CCCC[C@H](CC)CN1CCC(n2cc(CCCO)nn2)CC1. The van der Waals surface area contributed by atoms with E-state index in [0.29, 0.717) is 6.04 Å². The fraction of sp³-hybridized carbons (Fsp3) is 0.889. The Morgan fingerprint density at radius 3 is 2.70 bits per heavy atom. The molecule has 5 heteroatoms. The second-order valence-corrected chi connectivity index (χ2v) is 6.97. The predicted octanol–water partition coefficient (Wildman–Crippen LogP) is 3.06. The number of rotatable bonds is 10. The van der Waals surface area contributed by atoms with Crippen LogP contribution in [0.25, 0.3) is 0 Å². The molecule has 0 amide bonds. The first kappa shape index (κ1) is 18.4. The number of hydrogen-bond donors (Lipinski definition) is 1. The molecule has 1 saturated heterocycles. The third-order valence-corrected chi connectivity index (χ3v) is 5.14. The van der Waals surface area contributed by atoms with E-state index < -0.39 is 0 Å². The molecule has 2 heterocycles. The largest absolute Gasteiger partial charge is 0.396 e. The second-order valence-electron chi connectivity index (χ2n) is 6.97. The predicted molar refractivity (Wildman–Crippen MR) is 93.4 cm³/mol. The zero-order valence-electron chi connectivity index (χ0n) is 15.0. The van der Waals surface area contributed by atoms with Gasteiger partial charge in [0.05, 0.1) is 11.7 Å². The van der Waals surface area contributed by atoms with E-state index in [1.54, 1.807) is 0 Å². The highest BCUT2D eigenvalue weighted by Gasteiger charge is 2.23. The van der Waals surface area contributed by atoms with Crippen molar-refractivity contribution in [1.29, 1.82) is 0 Å². The molecular formula is C18H34N4O. The van der Waals surface area contributed by atoms with Crippen molar-refractivity contribution in [3.05, 3.63) is 11.9 Å². The van der Waals surface area contributed by atoms with E-state index in [1.165, 1.54) is 58.2 Å². The van der Waals surface area contributed by atoms with Gasteiger partial charge in [-0.2, -0.15) is 0 Å². The summed E-state index contributed by atoms with van der Waals surface area (Å²) in [7, 11) is 0. The second kappa shape index (κ2) is 10.0. The highest BCUT2D eigenvalue weighted by Crippen LogP contribution is 2.24. The van der Waals surface area contributed by atoms with Gasteiger partial charge in [0.1, 0.15) is 0 Å². The smallest absolute Gasteiger partial charge is 0.0828 e. The number of hydrogen-bond acceptors (Lipinski definition) is 4. The van der Waals surface area contributed by atoms with Crippen LogP contribution in [0.2, 0.25) is 0 Å². The Morgan fingerprint density at radius 1 is 1.26 bits per heavy atom. The van der Waals surface area contributed by atoms with Crippen molar-refractivity contribution in [2.75, 3.05) is 26.2 Å². The molecule has 1 aromatic rings. The molecule has 0 bridgehead atoms. The van der Waals surface area contributed by atoms with Gasteiger partial charge in [-0.1, -0.05) is 38.3 Å². The molecule has 1 aliphatic rings. The Morgan fingerprint density at radius 2 is 2.04 bits per heavy atom. The maximum atomic E-state index is 8.90. The van der Waals surface area contributed by atoms with E-state index in [1.807, 2.05) is 0 Å². The lowest BCUT2D eigenvalue weighted by Crippen LogP contribution is -2.37. The zero-order chi connectivity index (χ0) is 16.5. The van der Waals surface area contributed by atoms with Crippen LogP contribution in [0.15, 0.2) is 6.20 Å². The highest BCUT2D eigenvalue weighted by molar-refractivity contribution is 4.94. The summed E-state index contributed by atoms with van der Waals surface area (Å²) in [6, 6.07) is 0.498. The monoisotopic (exact) mass is 322 g/mol. The van der Waals surface area contributed by atoms with Crippen molar-refractivity contribution < 1.29 is 5.11 Å². The molecule has 0 spiro atoms. The number of piperidine rings is 1. The molecular weight excluding hydrogens is 288 g/mol. The first-order valence-corrected chi connectivity index (χ1v) is 9.50. The van der Waals surface area contributed by atoms with Gasteiger partial charge in [0.15, 0.2) is 0 Å². The molecule has 0 unspecified atom stereocenters. The van der Waals surface area contributed by atoms with Gasteiger partial charge in [-0.05, 0) is 38.0 Å². The maximum Gasteiger partial charge on any atom is 0.0828 e. The molecule has 2 rings (SSSR count). The van der Waals surface area contributed by atoms with Crippen LogP contribution in [-0.2, 0) is 6.42 Å². The molecule has 1 N–H and O–H groups in total. The average molecular weight is 322 g/mol. The number of unbranched alkanes of at least 4 members (excludes halogenated alkanes) is 1. The number of aliphatic hydroxyl groups excluding tert-OH is 1. The number of likely N-dealkylation sites (tertiary alicyclic amines) is 1. The van der Waals surface area contributed by atoms with Crippen LogP contribution in [0.3, 0.4) is 0 Å². The Kier molecular flexibility index (Phi) is 8.03. The molecule has 0 aliphatic carbocycles. The van der Waals surface area contributed by atoms with Crippen LogP contribution in [0.4, 0.5) is 0 Å². The van der Waals surface area contributed by atoms with Crippen molar-refractivity contribution in [3.8, 4) is 0 Å². The Balaban J connectivity index is 1.75. The van der Waals surface area contributed by atoms with Crippen LogP contribution < -0.4 is 0 Å². The third kappa shape index (κ3) is 5.88. The number of nitrogens with zero attached hydrogens (tertiary/aromatic N) is 4. The van der Waals surface area contributed by atoms with Crippen LogP contribution in [0, 0.1) is 5.92 Å². The van der Waals surface area contributed by atoms with Crippen molar-refractivity contribution >= 4 is 0 Å². The molecule has 1 aliphatic heterocycles. The summed E-state index contributed by atoms with van der Waals surface area (Å²) < 4.78 is 2.05. The van der Waals surface area contributed by atoms with Crippen LogP contribution in [-0.4, -0.2) is 51.2 Å². The van der Waals surface area contributed by atoms with Gasteiger partial charge in [-0.3, -0.25) is 0 Å². The topological polar surface area (TPSA) is 54.2 Å². The third-order valence-electron chi connectivity index (χ3n) is 5.14. The van der Waals surface area contributed by atoms with E-state index >= 15 is 0 Å². The van der Waals surface area contributed by atoms with Gasteiger partial charge in [-0.15, -0.1) is 5.10 Å². The zero-order valence-corrected chi connectivity index (χ0v) is 15.0. The lowest BCUT2D eigenvalue weighted by atomic mass is 9.97. The van der Waals surface area contributed by atoms with Crippen LogP contribution >= 0.6 is 0 Å². The molecule has 0 aromatic carbocycles. The minimum absolute atomic E-state index is 0.224. The summed E-state index contributed by atoms with van der Waals surface area (Å²) >= 11 is 0. The fourth-order valence-electron chi connectivity index (χ4n) is 3.52. The molecule has 0 radical (unpaired) electrons. The van der Waals surface area contributed by atoms with E-state index in [4.69, 9.17) is 5.11 Å². The average Bonchev–Trinajstić information content (AvgIpc) is 3.06. The van der Waals surface area contributed by atoms with E-state index in [9.17, 15) is 0 Å². The Labute approximate surface area is 141 Å². The summed E-state index contributed by atoms with van der Waals surface area (Å²) in [5.41, 5.74) is 1.01. The van der Waals surface area contributed by atoms with Crippen molar-refractivity contribution in [1.82, 2.24) is 19.9 Å². The molecule has 132 valence electrons. The Hall–Kier alpha value is -0.940. The number of aromatic nitrogens is 3. The fourth-order valence-corrected chi connectivity index (χ4v) is 3.52. The molecule has 1 fully saturated rings. The molecule has 23 heavy (non-hydrogen) atoms. The number of aryl methyl sites for hydroxylation is 1. The normalized spacial score (nSPS) is 18.4.